The molecule has 4 heteroatoms. The van der Waals surface area contributed by atoms with Crippen LogP contribution >= 0.6 is 15.9 Å². The van der Waals surface area contributed by atoms with E-state index in [9.17, 15) is 4.79 Å². The minimum Gasteiger partial charge on any atom is -0.408 e. The summed E-state index contributed by atoms with van der Waals surface area (Å²) in [6, 6.07) is 1.89. The molecule has 2 aromatic rings. The van der Waals surface area contributed by atoms with E-state index in [1.54, 1.807) is 0 Å². The molecular formula is C9H8BrNO2. The third kappa shape index (κ3) is 1.21. The van der Waals surface area contributed by atoms with Crippen LogP contribution in [0.4, 0.5) is 0 Å². The lowest BCUT2D eigenvalue weighted by molar-refractivity contribution is 0.553. The van der Waals surface area contributed by atoms with E-state index < -0.39 is 5.76 Å². The zero-order chi connectivity index (χ0) is 9.59. The number of oxazole rings is 1. The minimum absolute atomic E-state index is 0.407. The largest absolute Gasteiger partial charge is 0.417 e. The topological polar surface area (TPSA) is 46.0 Å². The third-order valence-electron chi connectivity index (χ3n) is 2.05. The van der Waals surface area contributed by atoms with Crippen molar-refractivity contribution in [2.75, 3.05) is 0 Å². The molecule has 0 aliphatic heterocycles. The fourth-order valence-corrected chi connectivity index (χ4v) is 1.69. The standard InChI is InChI=1S/C9H8BrNO2/c1-4-3-6-8(5(2)7(4)10)13-9(12)11-6/h3H,1-2H3,(H,11,12). The van der Waals surface area contributed by atoms with Crippen LogP contribution in [-0.4, -0.2) is 4.98 Å². The molecule has 1 aromatic carbocycles. The van der Waals surface area contributed by atoms with E-state index in [0.717, 1.165) is 21.1 Å². The first-order valence-corrected chi connectivity index (χ1v) is 4.67. The number of aromatic amines is 1. The van der Waals surface area contributed by atoms with Gasteiger partial charge in [0.15, 0.2) is 5.58 Å². The van der Waals surface area contributed by atoms with Gasteiger partial charge in [-0.2, -0.15) is 0 Å². The second-order valence-electron chi connectivity index (χ2n) is 3.02. The van der Waals surface area contributed by atoms with Gasteiger partial charge in [-0.25, -0.2) is 4.79 Å². The highest BCUT2D eigenvalue weighted by Crippen LogP contribution is 2.27. The first kappa shape index (κ1) is 8.56. The second-order valence-corrected chi connectivity index (χ2v) is 3.82. The highest BCUT2D eigenvalue weighted by atomic mass is 79.9. The summed E-state index contributed by atoms with van der Waals surface area (Å²) in [5, 5.41) is 0. The molecule has 2 rings (SSSR count). The van der Waals surface area contributed by atoms with E-state index in [1.165, 1.54) is 0 Å². The van der Waals surface area contributed by atoms with Gasteiger partial charge in [0.1, 0.15) is 0 Å². The van der Waals surface area contributed by atoms with Crippen LogP contribution in [0.1, 0.15) is 11.1 Å². The van der Waals surface area contributed by atoms with Crippen LogP contribution in [0.25, 0.3) is 11.1 Å². The van der Waals surface area contributed by atoms with Gasteiger partial charge in [0.2, 0.25) is 0 Å². The summed E-state index contributed by atoms with van der Waals surface area (Å²) >= 11 is 3.43. The summed E-state index contributed by atoms with van der Waals surface area (Å²) in [5.74, 6) is -0.407. The average molecular weight is 242 g/mol. The number of rotatable bonds is 0. The molecule has 0 atom stereocenters. The highest BCUT2D eigenvalue weighted by Gasteiger charge is 2.09. The molecule has 1 N–H and O–H groups in total. The van der Waals surface area contributed by atoms with Crippen LogP contribution < -0.4 is 5.76 Å². The van der Waals surface area contributed by atoms with Gasteiger partial charge in [-0.05, 0) is 25.5 Å². The van der Waals surface area contributed by atoms with Crippen LogP contribution in [0, 0.1) is 13.8 Å². The third-order valence-corrected chi connectivity index (χ3v) is 3.27. The number of H-pyrrole nitrogens is 1. The van der Waals surface area contributed by atoms with Crippen LogP contribution in [-0.2, 0) is 0 Å². The molecule has 0 spiro atoms. The Morgan fingerprint density at radius 1 is 1.46 bits per heavy atom. The number of aromatic nitrogens is 1. The summed E-state index contributed by atoms with van der Waals surface area (Å²) in [6.45, 7) is 3.89. The minimum atomic E-state index is -0.407. The van der Waals surface area contributed by atoms with Gasteiger partial charge in [-0.3, -0.25) is 4.98 Å². The molecule has 13 heavy (non-hydrogen) atoms. The maximum absolute atomic E-state index is 10.9. The van der Waals surface area contributed by atoms with Crippen LogP contribution in [0.15, 0.2) is 19.8 Å². The molecule has 0 radical (unpaired) electrons. The first-order valence-electron chi connectivity index (χ1n) is 3.88. The fraction of sp³-hybridized carbons (Fsp3) is 0.222. The van der Waals surface area contributed by atoms with Crippen LogP contribution in [0.3, 0.4) is 0 Å². The summed E-state index contributed by atoms with van der Waals surface area (Å²) in [4.78, 5) is 13.6. The number of benzene rings is 1. The Kier molecular flexibility index (Phi) is 1.80. The van der Waals surface area contributed by atoms with Crippen molar-refractivity contribution >= 4 is 27.0 Å². The number of hydrogen-bond donors (Lipinski definition) is 1. The van der Waals surface area contributed by atoms with Crippen molar-refractivity contribution in [3.63, 3.8) is 0 Å². The van der Waals surface area contributed by atoms with E-state index in [0.29, 0.717) is 5.58 Å². The predicted octanol–water partition coefficient (Wildman–Crippen LogP) is 2.50. The number of fused-ring (bicyclic) bond motifs is 1. The normalized spacial score (nSPS) is 11.0. The van der Waals surface area contributed by atoms with E-state index in [4.69, 9.17) is 4.42 Å². The van der Waals surface area contributed by atoms with Crippen molar-refractivity contribution in [1.29, 1.82) is 0 Å². The predicted molar refractivity (Wildman–Crippen MR) is 54.0 cm³/mol. The monoisotopic (exact) mass is 241 g/mol. The Hall–Kier alpha value is -1.03. The van der Waals surface area contributed by atoms with Gasteiger partial charge < -0.3 is 4.42 Å². The van der Waals surface area contributed by atoms with Crippen molar-refractivity contribution in [1.82, 2.24) is 4.98 Å². The fourth-order valence-electron chi connectivity index (χ4n) is 1.40. The SMILES string of the molecule is Cc1cc2[nH]c(=O)oc2c(C)c1Br. The molecule has 0 amide bonds. The maximum atomic E-state index is 10.9. The number of aryl methyl sites for hydroxylation is 2. The molecule has 0 saturated heterocycles. The Labute approximate surface area is 82.9 Å². The molecule has 0 unspecified atom stereocenters. The molecule has 0 aliphatic rings. The van der Waals surface area contributed by atoms with Crippen molar-refractivity contribution in [2.45, 2.75) is 13.8 Å². The zero-order valence-corrected chi connectivity index (χ0v) is 8.86. The van der Waals surface area contributed by atoms with Crippen molar-refractivity contribution in [3.05, 3.63) is 32.2 Å². The van der Waals surface area contributed by atoms with Gasteiger partial charge in [-0.15, -0.1) is 0 Å². The van der Waals surface area contributed by atoms with Crippen molar-refractivity contribution in [2.24, 2.45) is 0 Å². The number of hydrogen-bond acceptors (Lipinski definition) is 2. The molecule has 3 nitrogen and oxygen atoms in total. The van der Waals surface area contributed by atoms with E-state index in [2.05, 4.69) is 20.9 Å². The van der Waals surface area contributed by atoms with Crippen molar-refractivity contribution < 1.29 is 4.42 Å². The van der Waals surface area contributed by atoms with Gasteiger partial charge in [0, 0.05) is 10.0 Å². The summed E-state index contributed by atoms with van der Waals surface area (Å²) in [5.41, 5.74) is 3.42. The lowest BCUT2D eigenvalue weighted by Gasteiger charge is -2.01. The summed E-state index contributed by atoms with van der Waals surface area (Å²) in [7, 11) is 0. The highest BCUT2D eigenvalue weighted by molar-refractivity contribution is 9.10. The maximum Gasteiger partial charge on any atom is 0.417 e. The quantitative estimate of drug-likeness (QED) is 0.771. The Morgan fingerprint density at radius 2 is 2.15 bits per heavy atom. The second kappa shape index (κ2) is 2.73. The lowest BCUT2D eigenvalue weighted by Crippen LogP contribution is -1.92. The van der Waals surface area contributed by atoms with Gasteiger partial charge in [0.25, 0.3) is 0 Å². The summed E-state index contributed by atoms with van der Waals surface area (Å²) < 4.78 is 5.98. The number of halogens is 1. The van der Waals surface area contributed by atoms with E-state index in [1.807, 2.05) is 19.9 Å². The molecule has 0 fully saturated rings. The molecule has 68 valence electrons. The lowest BCUT2D eigenvalue weighted by atomic mass is 10.1. The Bertz CT molecular complexity index is 524. The zero-order valence-electron chi connectivity index (χ0n) is 7.27. The molecule has 1 aromatic heterocycles. The van der Waals surface area contributed by atoms with E-state index >= 15 is 0 Å². The van der Waals surface area contributed by atoms with Crippen molar-refractivity contribution in [3.8, 4) is 0 Å². The van der Waals surface area contributed by atoms with Crippen LogP contribution in [0.5, 0.6) is 0 Å². The van der Waals surface area contributed by atoms with Gasteiger partial charge in [0.05, 0.1) is 5.52 Å². The number of nitrogens with one attached hydrogen (secondary N) is 1. The molecular weight excluding hydrogens is 234 g/mol. The molecule has 0 saturated carbocycles. The summed E-state index contributed by atoms with van der Waals surface area (Å²) in [6.07, 6.45) is 0. The average Bonchev–Trinajstić information content (AvgIpc) is 2.42. The molecule has 0 bridgehead atoms. The van der Waals surface area contributed by atoms with Gasteiger partial charge >= 0.3 is 5.76 Å². The Morgan fingerprint density at radius 3 is 2.85 bits per heavy atom. The van der Waals surface area contributed by atoms with E-state index in [-0.39, 0.29) is 0 Å². The molecule has 0 aliphatic carbocycles. The smallest absolute Gasteiger partial charge is 0.408 e. The Balaban J connectivity index is 3.00. The first-order chi connectivity index (χ1) is 6.09. The molecule has 1 heterocycles. The van der Waals surface area contributed by atoms with Gasteiger partial charge in [-0.1, -0.05) is 15.9 Å². The van der Waals surface area contributed by atoms with Crippen LogP contribution in [0.2, 0.25) is 0 Å².